The number of halogens is 1. The first kappa shape index (κ1) is 24.7. The van der Waals surface area contributed by atoms with Gasteiger partial charge in [-0.2, -0.15) is 0 Å². The molecule has 7 heteroatoms. The fourth-order valence-electron chi connectivity index (χ4n) is 2.56. The van der Waals surface area contributed by atoms with Crippen LogP contribution in [0, 0.1) is 5.92 Å². The van der Waals surface area contributed by atoms with Gasteiger partial charge in [0.25, 0.3) is 0 Å². The molecule has 28 heavy (non-hydrogen) atoms. The van der Waals surface area contributed by atoms with Crippen LogP contribution < -0.4 is 15.4 Å². The largest absolute Gasteiger partial charge is 0.491 e. The first-order valence-corrected chi connectivity index (χ1v) is 10.3. The Hall–Kier alpha value is -1.32. The van der Waals surface area contributed by atoms with Crippen LogP contribution in [0.5, 0.6) is 5.75 Å². The molecule has 2 N–H and O–H groups in total. The number of nitrogens with zero attached hydrogens (tertiary/aromatic N) is 1. The number of aliphatic imine (C=N–C) groups is 1. The van der Waals surface area contributed by atoms with Crippen molar-refractivity contribution in [3.05, 3.63) is 52.2 Å². The van der Waals surface area contributed by atoms with Gasteiger partial charge in [-0.15, -0.1) is 35.3 Å². The van der Waals surface area contributed by atoms with E-state index in [1.807, 2.05) is 23.5 Å². The Labute approximate surface area is 190 Å². The Morgan fingerprint density at radius 3 is 2.57 bits per heavy atom. The van der Waals surface area contributed by atoms with Crippen LogP contribution in [0.4, 0.5) is 0 Å². The van der Waals surface area contributed by atoms with Crippen LogP contribution in [-0.4, -0.2) is 39.4 Å². The summed E-state index contributed by atoms with van der Waals surface area (Å²) in [6.07, 6.45) is 1.09. The van der Waals surface area contributed by atoms with Gasteiger partial charge in [-0.25, -0.2) is 4.99 Å². The van der Waals surface area contributed by atoms with Crippen molar-refractivity contribution in [1.29, 1.82) is 0 Å². The molecule has 0 amide bonds. The molecule has 0 bridgehead atoms. The van der Waals surface area contributed by atoms with Crippen molar-refractivity contribution in [1.82, 2.24) is 10.6 Å². The summed E-state index contributed by atoms with van der Waals surface area (Å²) < 4.78 is 10.6. The highest BCUT2D eigenvalue weighted by Crippen LogP contribution is 2.14. The maximum Gasteiger partial charge on any atom is 0.191 e. The molecule has 0 aliphatic carbocycles. The first-order valence-electron chi connectivity index (χ1n) is 9.46. The average molecular weight is 517 g/mol. The minimum absolute atomic E-state index is 0. The third-order valence-electron chi connectivity index (χ3n) is 3.99. The number of hydrogen-bond acceptors (Lipinski definition) is 4. The number of hydrogen-bond donors (Lipinski definition) is 2. The highest BCUT2D eigenvalue weighted by atomic mass is 127. The lowest BCUT2D eigenvalue weighted by atomic mass is 10.1. The zero-order chi connectivity index (χ0) is 19.3. The van der Waals surface area contributed by atoms with Gasteiger partial charge in [0.1, 0.15) is 12.4 Å². The molecule has 1 heterocycles. The Bertz CT molecular complexity index is 663. The molecule has 0 saturated carbocycles. The molecule has 2 rings (SSSR count). The van der Waals surface area contributed by atoms with Crippen LogP contribution in [0.2, 0.25) is 0 Å². The SMILES string of the molecule is CCNC(=NCc1ccc(OCCOC)cc1)NCC(C)Cc1cccs1.I. The van der Waals surface area contributed by atoms with Gasteiger partial charge in [-0.3, -0.25) is 0 Å². The minimum atomic E-state index is 0. The van der Waals surface area contributed by atoms with E-state index in [1.54, 1.807) is 7.11 Å². The van der Waals surface area contributed by atoms with Crippen LogP contribution >= 0.6 is 35.3 Å². The molecular formula is C21H32IN3O2S. The molecule has 0 radical (unpaired) electrons. The summed E-state index contributed by atoms with van der Waals surface area (Å²) in [5, 5.41) is 8.90. The molecule has 0 spiro atoms. The zero-order valence-electron chi connectivity index (χ0n) is 16.9. The van der Waals surface area contributed by atoms with E-state index in [-0.39, 0.29) is 24.0 Å². The molecular weight excluding hydrogens is 485 g/mol. The molecule has 0 saturated heterocycles. The topological polar surface area (TPSA) is 54.9 Å². The minimum Gasteiger partial charge on any atom is -0.491 e. The standard InChI is InChI=1S/C21H31N3O2S.HI/c1-4-22-21(23-15-17(2)14-20-6-5-13-27-20)24-16-18-7-9-19(10-8-18)26-12-11-25-3;/h5-10,13,17H,4,11-12,14-16H2,1-3H3,(H2,22,23,24);1H. The summed E-state index contributed by atoms with van der Waals surface area (Å²) in [6, 6.07) is 12.4. The number of nitrogens with one attached hydrogen (secondary N) is 2. The van der Waals surface area contributed by atoms with Gasteiger partial charge in [-0.05, 0) is 48.4 Å². The maximum atomic E-state index is 5.59. The summed E-state index contributed by atoms with van der Waals surface area (Å²) in [7, 11) is 1.67. The van der Waals surface area contributed by atoms with E-state index in [2.05, 4.69) is 54.1 Å². The molecule has 1 unspecified atom stereocenters. The summed E-state index contributed by atoms with van der Waals surface area (Å²) in [5.41, 5.74) is 1.15. The van der Waals surface area contributed by atoms with Crippen LogP contribution in [0.3, 0.4) is 0 Å². The van der Waals surface area contributed by atoms with E-state index >= 15 is 0 Å². The quantitative estimate of drug-likeness (QED) is 0.202. The summed E-state index contributed by atoms with van der Waals surface area (Å²) in [5.74, 6) is 2.26. The lowest BCUT2D eigenvalue weighted by molar-refractivity contribution is 0.146. The molecule has 156 valence electrons. The molecule has 0 aliphatic rings. The van der Waals surface area contributed by atoms with E-state index in [0.717, 1.165) is 36.8 Å². The molecule has 1 atom stereocenters. The highest BCUT2D eigenvalue weighted by molar-refractivity contribution is 14.0. The van der Waals surface area contributed by atoms with Crippen LogP contribution in [0.25, 0.3) is 0 Å². The molecule has 0 fully saturated rings. The third kappa shape index (κ3) is 9.75. The number of benzene rings is 1. The van der Waals surface area contributed by atoms with E-state index < -0.39 is 0 Å². The smallest absolute Gasteiger partial charge is 0.191 e. The molecule has 1 aromatic carbocycles. The van der Waals surface area contributed by atoms with Gasteiger partial charge in [0.05, 0.1) is 13.2 Å². The van der Waals surface area contributed by atoms with E-state index in [1.165, 1.54) is 4.88 Å². The molecule has 2 aromatic rings. The monoisotopic (exact) mass is 517 g/mol. The number of rotatable bonds is 11. The number of ether oxygens (including phenoxy) is 2. The first-order chi connectivity index (χ1) is 13.2. The fourth-order valence-corrected chi connectivity index (χ4v) is 3.43. The Morgan fingerprint density at radius 1 is 1.14 bits per heavy atom. The van der Waals surface area contributed by atoms with Gasteiger partial charge in [0.2, 0.25) is 0 Å². The second-order valence-corrected chi connectivity index (χ2v) is 7.48. The van der Waals surface area contributed by atoms with Crippen molar-refractivity contribution in [2.75, 3.05) is 33.4 Å². The average Bonchev–Trinajstić information content (AvgIpc) is 3.18. The predicted molar refractivity (Wildman–Crippen MR) is 129 cm³/mol. The fraction of sp³-hybridized carbons (Fsp3) is 0.476. The predicted octanol–water partition coefficient (Wildman–Crippen LogP) is 4.33. The van der Waals surface area contributed by atoms with Gasteiger partial charge < -0.3 is 20.1 Å². The van der Waals surface area contributed by atoms with E-state index in [0.29, 0.717) is 25.7 Å². The Morgan fingerprint density at radius 2 is 1.93 bits per heavy atom. The molecule has 5 nitrogen and oxygen atoms in total. The third-order valence-corrected chi connectivity index (χ3v) is 4.89. The number of guanidine groups is 1. The van der Waals surface area contributed by atoms with Crippen LogP contribution in [0.1, 0.15) is 24.3 Å². The van der Waals surface area contributed by atoms with E-state index in [4.69, 9.17) is 14.5 Å². The summed E-state index contributed by atoms with van der Waals surface area (Å²) in [6.45, 7) is 7.87. The van der Waals surface area contributed by atoms with Gasteiger partial charge in [-0.1, -0.05) is 25.1 Å². The highest BCUT2D eigenvalue weighted by Gasteiger charge is 2.06. The van der Waals surface area contributed by atoms with Gasteiger partial charge >= 0.3 is 0 Å². The summed E-state index contributed by atoms with van der Waals surface area (Å²) in [4.78, 5) is 6.12. The Balaban J connectivity index is 0.00000392. The van der Waals surface area contributed by atoms with Gasteiger partial charge in [0.15, 0.2) is 5.96 Å². The zero-order valence-corrected chi connectivity index (χ0v) is 20.1. The molecule has 1 aromatic heterocycles. The van der Waals surface area contributed by atoms with Crippen molar-refractivity contribution in [2.45, 2.75) is 26.8 Å². The van der Waals surface area contributed by atoms with Crippen molar-refractivity contribution < 1.29 is 9.47 Å². The Kier molecular flexibility index (Phi) is 12.9. The van der Waals surface area contributed by atoms with Crippen LogP contribution in [0.15, 0.2) is 46.8 Å². The van der Waals surface area contributed by atoms with Gasteiger partial charge in [0, 0.05) is 25.1 Å². The lowest BCUT2D eigenvalue weighted by Crippen LogP contribution is -2.39. The molecule has 0 aliphatic heterocycles. The summed E-state index contributed by atoms with van der Waals surface area (Å²) >= 11 is 1.82. The van der Waals surface area contributed by atoms with Crippen LogP contribution in [-0.2, 0) is 17.7 Å². The normalized spacial score (nSPS) is 12.2. The van der Waals surface area contributed by atoms with Crippen molar-refractivity contribution >= 4 is 41.3 Å². The van der Waals surface area contributed by atoms with Crippen molar-refractivity contribution in [3.8, 4) is 5.75 Å². The second kappa shape index (κ2) is 14.6. The van der Waals surface area contributed by atoms with Crippen molar-refractivity contribution in [3.63, 3.8) is 0 Å². The number of methoxy groups -OCH3 is 1. The number of thiophene rings is 1. The lowest BCUT2D eigenvalue weighted by Gasteiger charge is -2.15. The van der Waals surface area contributed by atoms with E-state index in [9.17, 15) is 0 Å². The van der Waals surface area contributed by atoms with Crippen molar-refractivity contribution in [2.24, 2.45) is 10.9 Å². The maximum absolute atomic E-state index is 5.59. The second-order valence-electron chi connectivity index (χ2n) is 6.45.